The highest BCUT2D eigenvalue weighted by Crippen LogP contribution is 2.39. The van der Waals surface area contributed by atoms with Crippen LogP contribution in [0, 0.1) is 5.92 Å². The van der Waals surface area contributed by atoms with Gasteiger partial charge in [-0.1, -0.05) is 6.42 Å². The number of nitrogens with zero attached hydrogens (tertiary/aromatic N) is 1. The van der Waals surface area contributed by atoms with E-state index in [-0.39, 0.29) is 5.91 Å². The summed E-state index contributed by atoms with van der Waals surface area (Å²) < 4.78 is 0. The lowest BCUT2D eigenvalue weighted by Crippen LogP contribution is -2.63. The van der Waals surface area contributed by atoms with Crippen molar-refractivity contribution >= 4 is 5.91 Å². The molecule has 4 heteroatoms. The van der Waals surface area contributed by atoms with E-state index in [1.54, 1.807) is 0 Å². The Bertz CT molecular complexity index is 293. The fourth-order valence-electron chi connectivity index (χ4n) is 3.10. The zero-order chi connectivity index (χ0) is 12.6. The van der Waals surface area contributed by atoms with Gasteiger partial charge < -0.3 is 11.5 Å². The monoisotopic (exact) mass is 239 g/mol. The molecule has 1 saturated carbocycles. The predicted octanol–water partition coefficient (Wildman–Crippen LogP) is 0.842. The molecule has 1 heterocycles. The number of hydrogen-bond acceptors (Lipinski definition) is 3. The second-order valence-corrected chi connectivity index (χ2v) is 5.98. The third kappa shape index (κ3) is 2.47. The van der Waals surface area contributed by atoms with Gasteiger partial charge in [0.15, 0.2) is 0 Å². The second-order valence-electron chi connectivity index (χ2n) is 5.98. The van der Waals surface area contributed by atoms with Gasteiger partial charge in [0.1, 0.15) is 5.54 Å². The molecule has 1 amide bonds. The van der Waals surface area contributed by atoms with Gasteiger partial charge >= 0.3 is 0 Å². The molecule has 0 aromatic rings. The molecular weight excluding hydrogens is 214 g/mol. The normalized spacial score (nSPS) is 34.3. The molecule has 0 aromatic heterocycles. The summed E-state index contributed by atoms with van der Waals surface area (Å²) in [7, 11) is 0. The van der Waals surface area contributed by atoms with Gasteiger partial charge in [-0.25, -0.2) is 0 Å². The van der Waals surface area contributed by atoms with Crippen molar-refractivity contribution in [3.63, 3.8) is 0 Å². The van der Waals surface area contributed by atoms with Crippen molar-refractivity contribution in [2.24, 2.45) is 17.4 Å². The van der Waals surface area contributed by atoms with Crippen LogP contribution in [0.3, 0.4) is 0 Å². The quantitative estimate of drug-likeness (QED) is 0.763. The number of likely N-dealkylation sites (tertiary alicyclic amines) is 1. The predicted molar refractivity (Wildman–Crippen MR) is 68.3 cm³/mol. The molecule has 2 fully saturated rings. The van der Waals surface area contributed by atoms with Crippen LogP contribution in [0.4, 0.5) is 0 Å². The minimum atomic E-state index is -0.806. The van der Waals surface area contributed by atoms with Crippen LogP contribution >= 0.6 is 0 Å². The molecule has 2 aliphatic rings. The first kappa shape index (κ1) is 12.8. The summed E-state index contributed by atoms with van der Waals surface area (Å²) in [5, 5.41) is 0. The highest BCUT2D eigenvalue weighted by atomic mass is 16.1. The Morgan fingerprint density at radius 1 is 1.24 bits per heavy atom. The van der Waals surface area contributed by atoms with Crippen molar-refractivity contribution in [1.82, 2.24) is 4.90 Å². The zero-order valence-corrected chi connectivity index (χ0v) is 11.0. The van der Waals surface area contributed by atoms with Crippen molar-refractivity contribution in [3.8, 4) is 0 Å². The number of carbonyl (C=O) groups excluding carboxylic acids is 1. The minimum Gasteiger partial charge on any atom is -0.368 e. The van der Waals surface area contributed by atoms with Gasteiger partial charge in [-0.05, 0) is 45.4 Å². The van der Waals surface area contributed by atoms with Gasteiger partial charge in [0, 0.05) is 18.6 Å². The van der Waals surface area contributed by atoms with E-state index in [9.17, 15) is 4.79 Å². The standard InChI is InChI=1S/C13H25N3O/c1-9-4-3-5-10(2)16(9)8-13(15,12(14)17)11-6-7-11/h9-11H,3-8,15H2,1-2H3,(H2,14,17). The third-order valence-electron chi connectivity index (χ3n) is 4.58. The topological polar surface area (TPSA) is 72.3 Å². The van der Waals surface area contributed by atoms with Crippen LogP contribution in [-0.2, 0) is 4.79 Å². The maximum Gasteiger partial charge on any atom is 0.239 e. The van der Waals surface area contributed by atoms with Crippen LogP contribution in [0.2, 0.25) is 0 Å². The molecule has 17 heavy (non-hydrogen) atoms. The van der Waals surface area contributed by atoms with Crippen LogP contribution in [0.25, 0.3) is 0 Å². The number of rotatable bonds is 4. The van der Waals surface area contributed by atoms with E-state index in [0.717, 1.165) is 12.8 Å². The summed E-state index contributed by atoms with van der Waals surface area (Å²) in [4.78, 5) is 14.0. The molecule has 2 rings (SSSR count). The molecule has 0 radical (unpaired) electrons. The van der Waals surface area contributed by atoms with Crippen LogP contribution in [0.5, 0.6) is 0 Å². The fourth-order valence-corrected chi connectivity index (χ4v) is 3.10. The van der Waals surface area contributed by atoms with E-state index >= 15 is 0 Å². The SMILES string of the molecule is CC1CCCC(C)N1CC(N)(C(N)=O)C1CC1. The molecule has 3 atom stereocenters. The molecule has 1 aliphatic heterocycles. The largest absolute Gasteiger partial charge is 0.368 e. The highest BCUT2D eigenvalue weighted by molar-refractivity contribution is 5.85. The van der Waals surface area contributed by atoms with Crippen LogP contribution in [-0.4, -0.2) is 35.0 Å². The van der Waals surface area contributed by atoms with Gasteiger partial charge in [-0.15, -0.1) is 0 Å². The maximum atomic E-state index is 11.7. The highest BCUT2D eigenvalue weighted by Gasteiger charge is 2.48. The lowest BCUT2D eigenvalue weighted by molar-refractivity contribution is -0.125. The Hall–Kier alpha value is -0.610. The Morgan fingerprint density at radius 3 is 2.18 bits per heavy atom. The van der Waals surface area contributed by atoms with Gasteiger partial charge in [0.25, 0.3) is 0 Å². The number of carbonyl (C=O) groups is 1. The molecule has 0 aromatic carbocycles. The molecule has 1 aliphatic carbocycles. The maximum absolute atomic E-state index is 11.7. The van der Waals surface area contributed by atoms with Crippen molar-refractivity contribution in [2.45, 2.75) is 63.6 Å². The molecule has 4 N–H and O–H groups in total. The van der Waals surface area contributed by atoms with E-state index in [1.165, 1.54) is 19.3 Å². The average molecular weight is 239 g/mol. The molecular formula is C13H25N3O. The summed E-state index contributed by atoms with van der Waals surface area (Å²) in [5.74, 6) is -0.0219. The number of nitrogens with two attached hydrogens (primary N) is 2. The molecule has 98 valence electrons. The first-order chi connectivity index (χ1) is 7.95. The third-order valence-corrected chi connectivity index (χ3v) is 4.58. The smallest absolute Gasteiger partial charge is 0.239 e. The van der Waals surface area contributed by atoms with Crippen molar-refractivity contribution in [1.29, 1.82) is 0 Å². The lowest BCUT2D eigenvalue weighted by Gasteiger charge is -2.43. The van der Waals surface area contributed by atoms with Crippen molar-refractivity contribution < 1.29 is 4.79 Å². The molecule has 0 spiro atoms. The fraction of sp³-hybridized carbons (Fsp3) is 0.923. The van der Waals surface area contributed by atoms with Crippen LogP contribution < -0.4 is 11.5 Å². The molecule has 3 unspecified atom stereocenters. The van der Waals surface area contributed by atoms with Gasteiger partial charge in [0.2, 0.25) is 5.91 Å². The number of hydrogen-bond donors (Lipinski definition) is 2. The summed E-state index contributed by atoms with van der Waals surface area (Å²) >= 11 is 0. The van der Waals surface area contributed by atoms with Crippen LogP contribution in [0.15, 0.2) is 0 Å². The number of primary amides is 1. The van der Waals surface area contributed by atoms with Crippen molar-refractivity contribution in [3.05, 3.63) is 0 Å². The summed E-state index contributed by atoms with van der Waals surface area (Å²) in [5.41, 5.74) is 11.0. The Balaban J connectivity index is 2.08. The minimum absolute atomic E-state index is 0.307. The Morgan fingerprint density at radius 2 is 1.76 bits per heavy atom. The van der Waals surface area contributed by atoms with E-state index in [2.05, 4.69) is 18.7 Å². The summed E-state index contributed by atoms with van der Waals surface area (Å²) in [6, 6.07) is 1.03. The number of amides is 1. The van der Waals surface area contributed by atoms with Crippen LogP contribution in [0.1, 0.15) is 46.0 Å². The Kier molecular flexibility index (Phi) is 3.46. The Labute approximate surface area is 104 Å². The average Bonchev–Trinajstić information content (AvgIpc) is 3.07. The van der Waals surface area contributed by atoms with E-state index < -0.39 is 5.54 Å². The molecule has 1 saturated heterocycles. The number of piperidine rings is 1. The van der Waals surface area contributed by atoms with E-state index in [4.69, 9.17) is 11.5 Å². The molecule has 0 bridgehead atoms. The zero-order valence-electron chi connectivity index (χ0n) is 11.0. The van der Waals surface area contributed by atoms with E-state index in [1.807, 2.05) is 0 Å². The van der Waals surface area contributed by atoms with E-state index in [0.29, 0.717) is 24.5 Å². The first-order valence-electron chi connectivity index (χ1n) is 6.79. The van der Waals surface area contributed by atoms with Crippen molar-refractivity contribution in [2.75, 3.05) is 6.54 Å². The van der Waals surface area contributed by atoms with Gasteiger partial charge in [-0.2, -0.15) is 0 Å². The second kappa shape index (κ2) is 4.58. The summed E-state index contributed by atoms with van der Waals surface area (Å²) in [6.07, 6.45) is 5.77. The summed E-state index contributed by atoms with van der Waals surface area (Å²) in [6.45, 7) is 5.09. The first-order valence-corrected chi connectivity index (χ1v) is 6.79. The van der Waals surface area contributed by atoms with Gasteiger partial charge in [0.05, 0.1) is 0 Å². The van der Waals surface area contributed by atoms with Gasteiger partial charge in [-0.3, -0.25) is 9.69 Å². The molecule has 4 nitrogen and oxygen atoms in total. The lowest BCUT2D eigenvalue weighted by atomic mass is 9.89.